The summed E-state index contributed by atoms with van der Waals surface area (Å²) in [5.74, 6) is -1.28. The molecule has 1 aliphatic carbocycles. The van der Waals surface area contributed by atoms with E-state index >= 15 is 0 Å². The van der Waals surface area contributed by atoms with E-state index in [1.165, 1.54) is 32.1 Å². The lowest BCUT2D eigenvalue weighted by Crippen LogP contribution is -2.21. The Kier molecular flexibility index (Phi) is 7.50. The van der Waals surface area contributed by atoms with Crippen LogP contribution in [0.25, 0.3) is 0 Å². The van der Waals surface area contributed by atoms with Gasteiger partial charge in [-0.05, 0) is 30.9 Å². The third-order valence-electron chi connectivity index (χ3n) is 4.51. The summed E-state index contributed by atoms with van der Waals surface area (Å²) >= 11 is 0. The van der Waals surface area contributed by atoms with Gasteiger partial charge in [-0.25, -0.2) is 4.39 Å². The van der Waals surface area contributed by atoms with Gasteiger partial charge in [0.15, 0.2) is 6.61 Å². The second-order valence-corrected chi connectivity index (χ2v) is 6.52. The Bertz CT molecular complexity index is 659. The van der Waals surface area contributed by atoms with Crippen LogP contribution in [0.15, 0.2) is 18.2 Å². The number of amides is 1. The third kappa shape index (κ3) is 6.42. The fourth-order valence-corrected chi connectivity index (χ4v) is 3.18. The lowest BCUT2D eigenvalue weighted by atomic mass is 9.86. The number of halogens is 1. The summed E-state index contributed by atoms with van der Waals surface area (Å²) in [6.45, 7) is -0.531. The van der Waals surface area contributed by atoms with Gasteiger partial charge in [0.1, 0.15) is 11.5 Å². The molecular formula is C18H23FN2O5. The van der Waals surface area contributed by atoms with Crippen LogP contribution in [0.4, 0.5) is 15.8 Å². The van der Waals surface area contributed by atoms with E-state index in [1.807, 2.05) is 0 Å². The predicted molar refractivity (Wildman–Crippen MR) is 93.1 cm³/mol. The largest absolute Gasteiger partial charge is 0.456 e. The Balaban J connectivity index is 1.71. The summed E-state index contributed by atoms with van der Waals surface area (Å²) in [5.41, 5.74) is -0.702. The van der Waals surface area contributed by atoms with E-state index in [2.05, 4.69) is 5.32 Å². The lowest BCUT2D eigenvalue weighted by Gasteiger charge is -2.20. The number of esters is 1. The second-order valence-electron chi connectivity index (χ2n) is 6.52. The first-order chi connectivity index (χ1) is 12.5. The number of carbonyl (C=O) groups excluding carboxylic acids is 2. The first kappa shape index (κ1) is 19.8. The van der Waals surface area contributed by atoms with Crippen molar-refractivity contribution in [3.8, 4) is 0 Å². The van der Waals surface area contributed by atoms with Crippen LogP contribution in [0, 0.1) is 21.8 Å². The zero-order valence-electron chi connectivity index (χ0n) is 14.5. The van der Waals surface area contributed by atoms with Crippen molar-refractivity contribution in [2.24, 2.45) is 5.92 Å². The Labute approximate surface area is 151 Å². The summed E-state index contributed by atoms with van der Waals surface area (Å²) in [5, 5.41) is 13.1. The van der Waals surface area contributed by atoms with Crippen LogP contribution in [0.2, 0.25) is 0 Å². The molecule has 0 aliphatic heterocycles. The number of rotatable bonds is 8. The van der Waals surface area contributed by atoms with E-state index < -0.39 is 34.9 Å². The van der Waals surface area contributed by atoms with Crippen molar-refractivity contribution < 1.29 is 23.6 Å². The number of ether oxygens (including phenoxy) is 1. The van der Waals surface area contributed by atoms with Gasteiger partial charge in [0, 0.05) is 6.42 Å². The van der Waals surface area contributed by atoms with Gasteiger partial charge >= 0.3 is 5.97 Å². The van der Waals surface area contributed by atoms with Crippen LogP contribution in [0.3, 0.4) is 0 Å². The van der Waals surface area contributed by atoms with Gasteiger partial charge in [-0.2, -0.15) is 0 Å². The fraction of sp³-hybridized carbons (Fsp3) is 0.556. The Morgan fingerprint density at radius 3 is 2.69 bits per heavy atom. The van der Waals surface area contributed by atoms with E-state index in [0.717, 1.165) is 25.0 Å². The molecule has 1 fully saturated rings. The maximum absolute atomic E-state index is 13.1. The molecule has 1 aromatic rings. The molecule has 1 saturated carbocycles. The molecule has 0 unspecified atom stereocenters. The van der Waals surface area contributed by atoms with Gasteiger partial charge in [-0.3, -0.25) is 19.7 Å². The highest BCUT2D eigenvalue weighted by atomic mass is 19.1. The summed E-state index contributed by atoms with van der Waals surface area (Å²) in [4.78, 5) is 33.6. The van der Waals surface area contributed by atoms with Gasteiger partial charge in [0.2, 0.25) is 0 Å². The lowest BCUT2D eigenvalue weighted by molar-refractivity contribution is -0.384. The van der Waals surface area contributed by atoms with E-state index in [4.69, 9.17) is 4.74 Å². The molecule has 0 spiro atoms. The minimum atomic E-state index is -0.796. The molecule has 1 N–H and O–H groups in total. The van der Waals surface area contributed by atoms with Crippen molar-refractivity contribution >= 4 is 23.3 Å². The standard InChI is InChI=1S/C18H23FN2O5/c19-14-9-10-15(16(11-14)21(24)25)20-17(22)12-26-18(23)8-4-7-13-5-2-1-3-6-13/h9-11,13H,1-8,12H2,(H,20,22). The van der Waals surface area contributed by atoms with Crippen LogP contribution in [-0.2, 0) is 14.3 Å². The molecule has 0 saturated heterocycles. The average molecular weight is 366 g/mol. The maximum Gasteiger partial charge on any atom is 0.306 e. The molecule has 142 valence electrons. The first-order valence-electron chi connectivity index (χ1n) is 8.85. The SMILES string of the molecule is O=C(COC(=O)CCCC1CCCCC1)Nc1ccc(F)cc1[N+](=O)[O-]. The minimum absolute atomic E-state index is 0.144. The maximum atomic E-state index is 13.1. The number of hydrogen-bond donors (Lipinski definition) is 1. The quantitative estimate of drug-likeness (QED) is 0.426. The van der Waals surface area contributed by atoms with Crippen LogP contribution in [0.1, 0.15) is 51.4 Å². The van der Waals surface area contributed by atoms with E-state index in [9.17, 15) is 24.1 Å². The van der Waals surface area contributed by atoms with E-state index in [0.29, 0.717) is 12.0 Å². The molecule has 0 heterocycles. The van der Waals surface area contributed by atoms with Crippen molar-refractivity contribution in [1.82, 2.24) is 0 Å². The number of nitrogens with zero attached hydrogens (tertiary/aromatic N) is 1. The molecule has 26 heavy (non-hydrogen) atoms. The van der Waals surface area contributed by atoms with Crippen LogP contribution < -0.4 is 5.32 Å². The molecule has 0 radical (unpaired) electrons. The predicted octanol–water partition coefficient (Wildman–Crippen LogP) is 3.97. The molecule has 8 heteroatoms. The highest BCUT2D eigenvalue weighted by Crippen LogP contribution is 2.28. The summed E-state index contributed by atoms with van der Waals surface area (Å²) in [7, 11) is 0. The second kappa shape index (κ2) is 9.84. The minimum Gasteiger partial charge on any atom is -0.456 e. The van der Waals surface area contributed by atoms with E-state index in [1.54, 1.807) is 0 Å². The molecule has 1 aromatic carbocycles. The van der Waals surface area contributed by atoms with Crippen molar-refractivity contribution in [1.29, 1.82) is 0 Å². The van der Waals surface area contributed by atoms with Gasteiger partial charge in [-0.1, -0.05) is 32.1 Å². The van der Waals surface area contributed by atoms with Gasteiger partial charge in [0.05, 0.1) is 11.0 Å². The van der Waals surface area contributed by atoms with Crippen molar-refractivity contribution in [2.75, 3.05) is 11.9 Å². The molecule has 0 atom stereocenters. The molecule has 2 rings (SSSR count). The van der Waals surface area contributed by atoms with Crippen molar-refractivity contribution in [3.63, 3.8) is 0 Å². The molecule has 0 bridgehead atoms. The summed E-state index contributed by atoms with van der Waals surface area (Å²) < 4.78 is 18.0. The summed E-state index contributed by atoms with van der Waals surface area (Å²) in [6, 6.07) is 2.81. The van der Waals surface area contributed by atoms with E-state index in [-0.39, 0.29) is 12.1 Å². The van der Waals surface area contributed by atoms with Crippen molar-refractivity contribution in [3.05, 3.63) is 34.1 Å². The van der Waals surface area contributed by atoms with Gasteiger partial charge in [0.25, 0.3) is 11.6 Å². The van der Waals surface area contributed by atoms with Gasteiger partial charge < -0.3 is 10.1 Å². The highest BCUT2D eigenvalue weighted by molar-refractivity contribution is 5.94. The van der Waals surface area contributed by atoms with Crippen molar-refractivity contribution in [2.45, 2.75) is 51.4 Å². The Morgan fingerprint density at radius 2 is 2.00 bits per heavy atom. The Morgan fingerprint density at radius 1 is 1.27 bits per heavy atom. The third-order valence-corrected chi connectivity index (χ3v) is 4.51. The Hall–Kier alpha value is -2.51. The molecule has 1 aliphatic rings. The molecule has 0 aromatic heterocycles. The smallest absolute Gasteiger partial charge is 0.306 e. The average Bonchev–Trinajstić information content (AvgIpc) is 2.62. The number of hydrogen-bond acceptors (Lipinski definition) is 5. The van der Waals surface area contributed by atoms with Crippen LogP contribution >= 0.6 is 0 Å². The number of benzene rings is 1. The normalized spacial score (nSPS) is 14.7. The topological polar surface area (TPSA) is 98.5 Å². The highest BCUT2D eigenvalue weighted by Gasteiger charge is 2.18. The van der Waals surface area contributed by atoms with Gasteiger partial charge in [-0.15, -0.1) is 0 Å². The monoisotopic (exact) mass is 366 g/mol. The zero-order valence-corrected chi connectivity index (χ0v) is 14.5. The number of nitrogens with one attached hydrogen (secondary N) is 1. The summed E-state index contributed by atoms with van der Waals surface area (Å²) in [6.07, 6.45) is 8.20. The molecular weight excluding hydrogens is 343 g/mol. The number of nitro groups is 1. The van der Waals surface area contributed by atoms with Crippen LogP contribution in [0.5, 0.6) is 0 Å². The number of nitro benzene ring substituents is 1. The zero-order chi connectivity index (χ0) is 18.9. The molecule has 7 nitrogen and oxygen atoms in total. The van der Waals surface area contributed by atoms with Crippen LogP contribution in [-0.4, -0.2) is 23.4 Å². The molecule has 1 amide bonds. The fourth-order valence-electron chi connectivity index (χ4n) is 3.18. The number of carbonyl (C=O) groups is 2. The number of anilines is 1. The first-order valence-corrected chi connectivity index (χ1v) is 8.85.